The molecule has 2 rings (SSSR count). The van der Waals surface area contributed by atoms with E-state index < -0.39 is 6.10 Å². The summed E-state index contributed by atoms with van der Waals surface area (Å²) in [5.41, 5.74) is 0.794. The van der Waals surface area contributed by atoms with E-state index in [1.807, 2.05) is 11.8 Å². The Morgan fingerprint density at radius 2 is 1.69 bits per heavy atom. The summed E-state index contributed by atoms with van der Waals surface area (Å²) in [5, 5.41) is 2.81. The highest BCUT2D eigenvalue weighted by Gasteiger charge is 2.25. The van der Waals surface area contributed by atoms with Gasteiger partial charge in [-0.25, -0.2) is 0 Å². The smallest absolute Gasteiger partial charge is 0.256 e. The Labute approximate surface area is 154 Å². The average molecular weight is 364 g/mol. The summed E-state index contributed by atoms with van der Waals surface area (Å²) in [6.07, 6.45) is 3.06. The van der Waals surface area contributed by atoms with Crippen molar-refractivity contribution in [2.45, 2.75) is 38.7 Å². The highest BCUT2D eigenvalue weighted by atomic mass is 16.5. The van der Waals surface area contributed by atoms with Gasteiger partial charge < -0.3 is 24.4 Å². The van der Waals surface area contributed by atoms with E-state index in [0.717, 1.165) is 32.4 Å². The van der Waals surface area contributed by atoms with Gasteiger partial charge in [-0.3, -0.25) is 9.59 Å². The summed E-state index contributed by atoms with van der Waals surface area (Å²) in [5.74, 6) is 0.481. The molecule has 0 aromatic heterocycles. The molecule has 7 nitrogen and oxygen atoms in total. The van der Waals surface area contributed by atoms with E-state index in [9.17, 15) is 9.59 Å². The number of anilines is 1. The third-order valence-corrected chi connectivity index (χ3v) is 4.60. The van der Waals surface area contributed by atoms with Crippen LogP contribution in [0.1, 0.15) is 43.0 Å². The Balaban J connectivity index is 2.39. The van der Waals surface area contributed by atoms with E-state index in [1.165, 1.54) is 21.3 Å². The minimum Gasteiger partial charge on any atom is -0.493 e. The van der Waals surface area contributed by atoms with Gasteiger partial charge in [-0.15, -0.1) is 0 Å². The summed E-state index contributed by atoms with van der Waals surface area (Å²) in [4.78, 5) is 27.3. The van der Waals surface area contributed by atoms with Crippen molar-refractivity contribution >= 4 is 17.5 Å². The molecule has 26 heavy (non-hydrogen) atoms. The second-order valence-corrected chi connectivity index (χ2v) is 6.23. The summed E-state index contributed by atoms with van der Waals surface area (Å²) in [6.45, 7) is 3.30. The van der Waals surface area contributed by atoms with Crippen molar-refractivity contribution in [1.29, 1.82) is 0 Å². The molecule has 1 atom stereocenters. The number of hydrogen-bond donors (Lipinski definition) is 1. The Kier molecular flexibility index (Phi) is 7.26. The normalized spacial score (nSPS) is 15.3. The molecule has 2 amide bonds. The van der Waals surface area contributed by atoms with Crippen LogP contribution in [0.4, 0.5) is 5.69 Å². The Hall–Kier alpha value is -2.28. The van der Waals surface area contributed by atoms with Crippen molar-refractivity contribution < 1.29 is 23.8 Å². The fourth-order valence-corrected chi connectivity index (χ4v) is 3.10. The van der Waals surface area contributed by atoms with Crippen LogP contribution in [-0.4, -0.2) is 57.2 Å². The lowest BCUT2D eigenvalue weighted by atomic mass is 10.1. The van der Waals surface area contributed by atoms with Crippen molar-refractivity contribution in [2.24, 2.45) is 0 Å². The minimum atomic E-state index is -0.582. The van der Waals surface area contributed by atoms with Gasteiger partial charge in [-0.1, -0.05) is 6.92 Å². The number of nitrogens with zero attached hydrogens (tertiary/aromatic N) is 1. The molecule has 0 aliphatic carbocycles. The summed E-state index contributed by atoms with van der Waals surface area (Å²) < 4.78 is 15.8. The summed E-state index contributed by atoms with van der Waals surface area (Å²) >= 11 is 0. The molecule has 1 fully saturated rings. The van der Waals surface area contributed by atoms with Crippen LogP contribution in [0.25, 0.3) is 0 Å². The van der Waals surface area contributed by atoms with Gasteiger partial charge in [0.15, 0.2) is 11.5 Å². The van der Waals surface area contributed by atoms with Crippen LogP contribution < -0.4 is 14.8 Å². The van der Waals surface area contributed by atoms with Crippen molar-refractivity contribution in [3.05, 3.63) is 17.7 Å². The SMILES string of the molecule is CC[C@H](OC)C(=O)Nc1cc(OC)c(OC)cc1C(=O)N1CCCCC1. The molecule has 1 aliphatic heterocycles. The first-order valence-electron chi connectivity index (χ1n) is 8.94. The van der Waals surface area contributed by atoms with Gasteiger partial charge in [0, 0.05) is 26.3 Å². The number of amides is 2. The Morgan fingerprint density at radius 3 is 2.23 bits per heavy atom. The average Bonchev–Trinajstić information content (AvgIpc) is 2.68. The number of ether oxygens (including phenoxy) is 3. The molecule has 1 N–H and O–H groups in total. The van der Waals surface area contributed by atoms with E-state index >= 15 is 0 Å². The molecule has 1 saturated heterocycles. The van der Waals surface area contributed by atoms with Gasteiger partial charge in [0.1, 0.15) is 6.10 Å². The molecule has 1 aliphatic rings. The number of carbonyl (C=O) groups excluding carboxylic acids is 2. The molecular formula is C19H28N2O5. The number of carbonyl (C=O) groups is 2. The first kappa shape index (κ1) is 20.0. The van der Waals surface area contributed by atoms with Gasteiger partial charge in [0.05, 0.1) is 25.5 Å². The van der Waals surface area contributed by atoms with E-state index in [1.54, 1.807) is 12.1 Å². The van der Waals surface area contributed by atoms with Crippen molar-refractivity contribution in [3.63, 3.8) is 0 Å². The Morgan fingerprint density at radius 1 is 1.08 bits per heavy atom. The van der Waals surface area contributed by atoms with Gasteiger partial charge in [0.25, 0.3) is 11.8 Å². The van der Waals surface area contributed by atoms with Crippen LogP contribution >= 0.6 is 0 Å². The predicted octanol–water partition coefficient (Wildman–Crippen LogP) is 2.69. The number of nitrogens with one attached hydrogen (secondary N) is 1. The van der Waals surface area contributed by atoms with Crippen LogP contribution in [0.3, 0.4) is 0 Å². The molecular weight excluding hydrogens is 336 g/mol. The molecule has 7 heteroatoms. The zero-order valence-corrected chi connectivity index (χ0v) is 16.0. The van der Waals surface area contributed by atoms with E-state index in [2.05, 4.69) is 5.32 Å². The topological polar surface area (TPSA) is 77.1 Å². The van der Waals surface area contributed by atoms with Crippen LogP contribution in [0.5, 0.6) is 11.5 Å². The lowest BCUT2D eigenvalue weighted by molar-refractivity contribution is -0.125. The molecule has 0 bridgehead atoms. The fraction of sp³-hybridized carbons (Fsp3) is 0.579. The van der Waals surface area contributed by atoms with Crippen LogP contribution in [0.15, 0.2) is 12.1 Å². The lowest BCUT2D eigenvalue weighted by Crippen LogP contribution is -2.36. The van der Waals surface area contributed by atoms with E-state index in [0.29, 0.717) is 29.2 Å². The predicted molar refractivity (Wildman–Crippen MR) is 99.0 cm³/mol. The summed E-state index contributed by atoms with van der Waals surface area (Å²) in [7, 11) is 4.52. The molecule has 1 heterocycles. The monoisotopic (exact) mass is 364 g/mol. The van der Waals surface area contributed by atoms with Crippen LogP contribution in [-0.2, 0) is 9.53 Å². The van der Waals surface area contributed by atoms with Crippen molar-refractivity contribution in [1.82, 2.24) is 4.90 Å². The number of hydrogen-bond acceptors (Lipinski definition) is 5. The van der Waals surface area contributed by atoms with Gasteiger partial charge in [0.2, 0.25) is 0 Å². The van der Waals surface area contributed by atoms with Crippen molar-refractivity contribution in [3.8, 4) is 11.5 Å². The standard InChI is InChI=1S/C19H28N2O5/c1-5-15(24-2)18(22)20-14-12-17(26-4)16(25-3)11-13(14)19(23)21-9-7-6-8-10-21/h11-12,15H,5-10H2,1-4H3,(H,20,22)/t15-/m0/s1. The molecule has 0 radical (unpaired) electrons. The first-order chi connectivity index (χ1) is 12.5. The van der Waals surface area contributed by atoms with Crippen LogP contribution in [0, 0.1) is 0 Å². The highest BCUT2D eigenvalue weighted by molar-refractivity contribution is 6.05. The first-order valence-corrected chi connectivity index (χ1v) is 8.94. The number of rotatable bonds is 7. The highest BCUT2D eigenvalue weighted by Crippen LogP contribution is 2.34. The number of benzene rings is 1. The Bertz CT molecular complexity index is 637. The zero-order valence-electron chi connectivity index (χ0n) is 16.0. The number of methoxy groups -OCH3 is 3. The lowest BCUT2D eigenvalue weighted by Gasteiger charge is -2.28. The number of piperidine rings is 1. The van der Waals surface area contributed by atoms with Crippen LogP contribution in [0.2, 0.25) is 0 Å². The minimum absolute atomic E-state index is 0.119. The largest absolute Gasteiger partial charge is 0.493 e. The second kappa shape index (κ2) is 9.43. The van der Waals surface area contributed by atoms with E-state index in [-0.39, 0.29) is 11.8 Å². The zero-order chi connectivity index (χ0) is 19.1. The molecule has 0 spiro atoms. The molecule has 1 aromatic carbocycles. The number of likely N-dealkylation sites (tertiary alicyclic amines) is 1. The summed E-state index contributed by atoms with van der Waals surface area (Å²) in [6, 6.07) is 3.25. The molecule has 0 saturated carbocycles. The second-order valence-electron chi connectivity index (χ2n) is 6.23. The van der Waals surface area contributed by atoms with Crippen molar-refractivity contribution in [2.75, 3.05) is 39.7 Å². The third kappa shape index (κ3) is 4.46. The van der Waals surface area contributed by atoms with Gasteiger partial charge in [-0.2, -0.15) is 0 Å². The maximum atomic E-state index is 13.0. The maximum Gasteiger partial charge on any atom is 0.256 e. The molecule has 1 aromatic rings. The molecule has 144 valence electrons. The van der Waals surface area contributed by atoms with Gasteiger partial charge >= 0.3 is 0 Å². The molecule has 0 unspecified atom stereocenters. The fourth-order valence-electron chi connectivity index (χ4n) is 3.10. The maximum absolute atomic E-state index is 13.0. The third-order valence-electron chi connectivity index (χ3n) is 4.60. The van der Waals surface area contributed by atoms with Gasteiger partial charge in [-0.05, 0) is 31.7 Å². The quantitative estimate of drug-likeness (QED) is 0.805. The van der Waals surface area contributed by atoms with E-state index in [4.69, 9.17) is 14.2 Å².